The zero-order valence-corrected chi connectivity index (χ0v) is 3.89. The van der Waals surface area contributed by atoms with E-state index in [2.05, 4.69) is 22.8 Å². The third-order valence-corrected chi connectivity index (χ3v) is 0.293. The topological polar surface area (TPSA) is 18.5 Å². The van der Waals surface area contributed by atoms with Crippen LogP contribution in [0.4, 0.5) is 0 Å². The van der Waals surface area contributed by atoms with Gasteiger partial charge >= 0.3 is 0 Å². The molecule has 0 aromatic rings. The number of terminal acetylenes is 1. The molecule has 7 heavy (non-hydrogen) atoms. The second-order valence-electron chi connectivity index (χ2n) is 0.774. The summed E-state index contributed by atoms with van der Waals surface area (Å²) < 4.78 is 0. The van der Waals surface area contributed by atoms with Gasteiger partial charge in [0, 0.05) is 0 Å². The first-order valence-electron chi connectivity index (χ1n) is 1.76. The Morgan fingerprint density at radius 1 is 1.86 bits per heavy atom. The maximum atomic E-state index is 4.64. The highest BCUT2D eigenvalue weighted by Gasteiger charge is 1.71. The summed E-state index contributed by atoms with van der Waals surface area (Å²) in [5.74, 6) is 0. The molecule has 0 aromatic carbocycles. The van der Waals surface area contributed by atoms with E-state index >= 15 is 0 Å². The molecule has 0 N–H and O–H groups in total. The Kier molecular flexibility index (Phi) is 4.38. The van der Waals surface area contributed by atoms with Crippen molar-refractivity contribution in [3.63, 3.8) is 0 Å². The van der Waals surface area contributed by atoms with Crippen molar-refractivity contribution in [3.05, 3.63) is 12.7 Å². The zero-order chi connectivity index (χ0) is 5.54. The maximum Gasteiger partial charge on any atom is 0.153 e. The molecule has 0 amide bonds. The second kappa shape index (κ2) is 5.06. The Hall–Kier alpha value is -0.940. The normalized spacial score (nSPS) is 6.71. The molecule has 0 aliphatic carbocycles. The predicted octanol–water partition coefficient (Wildman–Crippen LogP) is 0.711. The molecule has 0 saturated carbocycles. The van der Waals surface area contributed by atoms with Crippen molar-refractivity contribution in [2.24, 2.45) is 0 Å². The lowest BCUT2D eigenvalue weighted by Gasteiger charge is -1.87. The van der Waals surface area contributed by atoms with E-state index < -0.39 is 0 Å². The molecule has 2 nitrogen and oxygen atoms in total. The molecule has 2 heteroatoms. The second-order valence-corrected chi connectivity index (χ2v) is 0.774. The van der Waals surface area contributed by atoms with Crippen molar-refractivity contribution in [2.45, 2.75) is 0 Å². The third-order valence-electron chi connectivity index (χ3n) is 0.293. The smallest absolute Gasteiger partial charge is 0.153 e. The summed E-state index contributed by atoms with van der Waals surface area (Å²) in [6.45, 7) is 3.68. The average molecular weight is 98.1 g/mol. The molecule has 0 unspecified atom stereocenters. The SMILES string of the molecule is C#COOCC=C. The van der Waals surface area contributed by atoms with E-state index in [0.29, 0.717) is 6.61 Å². The lowest BCUT2D eigenvalue weighted by Crippen LogP contribution is -1.85. The third kappa shape index (κ3) is 5.06. The summed E-state index contributed by atoms with van der Waals surface area (Å²) in [6.07, 6.45) is 8.01. The maximum absolute atomic E-state index is 4.64. The van der Waals surface area contributed by atoms with Crippen LogP contribution >= 0.6 is 0 Å². The van der Waals surface area contributed by atoms with Gasteiger partial charge in [-0.1, -0.05) is 12.5 Å². The number of hydrogen-bond acceptors (Lipinski definition) is 2. The fraction of sp³-hybridized carbons (Fsp3) is 0.200. The number of hydrogen-bond donors (Lipinski definition) is 0. The minimum atomic E-state index is 0.324. The molecule has 0 aliphatic heterocycles. The van der Waals surface area contributed by atoms with Crippen molar-refractivity contribution in [1.82, 2.24) is 0 Å². The van der Waals surface area contributed by atoms with Gasteiger partial charge in [0.2, 0.25) is 0 Å². The lowest BCUT2D eigenvalue weighted by atomic mass is 10.7. The van der Waals surface area contributed by atoms with Gasteiger partial charge in [0.1, 0.15) is 6.61 Å². The molecular formula is C5H6O2. The number of rotatable bonds is 3. The Balaban J connectivity index is 2.72. The quantitative estimate of drug-likeness (QED) is 0.170. The van der Waals surface area contributed by atoms with Gasteiger partial charge in [0.05, 0.1) is 0 Å². The molecule has 0 radical (unpaired) electrons. The van der Waals surface area contributed by atoms with Crippen LogP contribution in [-0.4, -0.2) is 6.61 Å². The lowest BCUT2D eigenvalue weighted by molar-refractivity contribution is -0.225. The van der Waals surface area contributed by atoms with Gasteiger partial charge in [0.15, 0.2) is 6.11 Å². The van der Waals surface area contributed by atoms with Crippen LogP contribution in [0.5, 0.6) is 0 Å². The highest BCUT2D eigenvalue weighted by Crippen LogP contribution is 1.72. The minimum absolute atomic E-state index is 0.324. The Labute approximate surface area is 42.7 Å². The van der Waals surface area contributed by atoms with Crippen LogP contribution < -0.4 is 0 Å². The fourth-order valence-corrected chi connectivity index (χ4v) is 0.116. The van der Waals surface area contributed by atoms with Crippen molar-refractivity contribution in [3.8, 4) is 12.5 Å². The van der Waals surface area contributed by atoms with Crippen LogP contribution in [0.1, 0.15) is 0 Å². The standard InChI is InChI=1S/C5H6O2/c1-3-5-7-6-4-2/h2-3H,1,5H2. The van der Waals surface area contributed by atoms with Crippen LogP contribution in [0.25, 0.3) is 0 Å². The van der Waals surface area contributed by atoms with Crippen LogP contribution in [0, 0.1) is 12.5 Å². The van der Waals surface area contributed by atoms with Gasteiger partial charge in [-0.2, -0.15) is 4.89 Å². The summed E-state index contributed by atoms with van der Waals surface area (Å²) >= 11 is 0. The van der Waals surface area contributed by atoms with E-state index in [1.165, 1.54) is 6.08 Å². The molecule has 0 bridgehead atoms. The van der Waals surface area contributed by atoms with Crippen molar-refractivity contribution >= 4 is 0 Å². The summed E-state index contributed by atoms with van der Waals surface area (Å²) in [7, 11) is 0. The van der Waals surface area contributed by atoms with Gasteiger partial charge in [-0.15, -0.1) is 6.58 Å². The van der Waals surface area contributed by atoms with E-state index in [1.54, 1.807) is 0 Å². The first-order valence-corrected chi connectivity index (χ1v) is 1.76. The van der Waals surface area contributed by atoms with Crippen molar-refractivity contribution in [1.29, 1.82) is 0 Å². The van der Waals surface area contributed by atoms with E-state index in [4.69, 9.17) is 0 Å². The molecule has 0 heterocycles. The van der Waals surface area contributed by atoms with Gasteiger partial charge in [-0.05, 0) is 0 Å². The first-order chi connectivity index (χ1) is 3.41. The van der Waals surface area contributed by atoms with Gasteiger partial charge in [-0.3, -0.25) is 4.89 Å². The fourth-order valence-electron chi connectivity index (χ4n) is 0.116. The van der Waals surface area contributed by atoms with Crippen LogP contribution in [-0.2, 0) is 9.78 Å². The molecule has 0 spiro atoms. The minimum Gasteiger partial charge on any atom is -0.282 e. The van der Waals surface area contributed by atoms with Gasteiger partial charge < -0.3 is 0 Å². The molecule has 38 valence electrons. The largest absolute Gasteiger partial charge is 0.282 e. The Morgan fingerprint density at radius 3 is 3.00 bits per heavy atom. The highest BCUT2D eigenvalue weighted by molar-refractivity contribution is 4.66. The summed E-state index contributed by atoms with van der Waals surface area (Å²) in [4.78, 5) is 8.31. The van der Waals surface area contributed by atoms with E-state index in [-0.39, 0.29) is 0 Å². The molecule has 0 rings (SSSR count). The van der Waals surface area contributed by atoms with E-state index in [0.717, 1.165) is 0 Å². The van der Waals surface area contributed by atoms with Crippen LogP contribution in [0.3, 0.4) is 0 Å². The van der Waals surface area contributed by atoms with Gasteiger partial charge in [-0.25, -0.2) is 0 Å². The zero-order valence-electron chi connectivity index (χ0n) is 3.89. The van der Waals surface area contributed by atoms with Crippen molar-refractivity contribution < 1.29 is 9.78 Å². The molecule has 0 aliphatic rings. The van der Waals surface area contributed by atoms with Gasteiger partial charge in [0.25, 0.3) is 0 Å². The molecule has 0 aromatic heterocycles. The van der Waals surface area contributed by atoms with Crippen molar-refractivity contribution in [2.75, 3.05) is 6.61 Å². The summed E-state index contributed by atoms with van der Waals surface area (Å²) in [5, 5.41) is 0. The van der Waals surface area contributed by atoms with Crippen LogP contribution in [0.15, 0.2) is 12.7 Å². The molecular weight excluding hydrogens is 92.1 g/mol. The Bertz CT molecular complexity index is 80.6. The molecule has 0 atom stereocenters. The average Bonchev–Trinajstić information content (AvgIpc) is 1.69. The predicted molar refractivity (Wildman–Crippen MR) is 26.1 cm³/mol. The van der Waals surface area contributed by atoms with E-state index in [1.807, 2.05) is 6.11 Å². The first kappa shape index (κ1) is 6.06. The van der Waals surface area contributed by atoms with E-state index in [9.17, 15) is 0 Å². The summed E-state index contributed by atoms with van der Waals surface area (Å²) in [6, 6.07) is 0. The molecule has 0 saturated heterocycles. The van der Waals surface area contributed by atoms with Crippen LogP contribution in [0.2, 0.25) is 0 Å². The molecule has 0 fully saturated rings. The highest BCUT2D eigenvalue weighted by atomic mass is 17.2. The monoisotopic (exact) mass is 98.0 g/mol. The summed E-state index contributed by atoms with van der Waals surface area (Å²) in [5.41, 5.74) is 0. The Morgan fingerprint density at radius 2 is 2.57 bits per heavy atom.